The van der Waals surface area contributed by atoms with E-state index in [4.69, 9.17) is 10.5 Å². The Morgan fingerprint density at radius 2 is 1.75 bits per heavy atom. The van der Waals surface area contributed by atoms with E-state index in [1.165, 1.54) is 0 Å². The van der Waals surface area contributed by atoms with Gasteiger partial charge in [-0.05, 0) is 44.0 Å². The van der Waals surface area contributed by atoms with Crippen molar-refractivity contribution >= 4 is 0 Å². The lowest BCUT2D eigenvalue weighted by atomic mass is 9.98. The number of aromatic nitrogens is 2. The summed E-state index contributed by atoms with van der Waals surface area (Å²) in [7, 11) is 1.66. The summed E-state index contributed by atoms with van der Waals surface area (Å²) in [6, 6.07) is 7.79. The summed E-state index contributed by atoms with van der Waals surface area (Å²) in [4.78, 5) is 9.27. The van der Waals surface area contributed by atoms with Crippen LogP contribution in [-0.4, -0.2) is 23.6 Å². The number of hydrogen-bond donors (Lipinski definition) is 1. The van der Waals surface area contributed by atoms with Gasteiger partial charge in [-0.1, -0.05) is 19.1 Å². The first kappa shape index (κ1) is 14.5. The van der Waals surface area contributed by atoms with Crippen molar-refractivity contribution in [2.45, 2.75) is 26.7 Å². The highest BCUT2D eigenvalue weighted by molar-refractivity contribution is 5.64. The van der Waals surface area contributed by atoms with Crippen LogP contribution in [-0.2, 0) is 0 Å². The zero-order valence-electron chi connectivity index (χ0n) is 12.5. The molecule has 0 saturated carbocycles. The molecule has 1 unspecified atom stereocenters. The van der Waals surface area contributed by atoms with Gasteiger partial charge in [0.15, 0.2) is 5.82 Å². The van der Waals surface area contributed by atoms with Crippen molar-refractivity contribution in [3.8, 4) is 17.1 Å². The smallest absolute Gasteiger partial charge is 0.163 e. The molecule has 0 amide bonds. The second-order valence-corrected chi connectivity index (χ2v) is 4.97. The predicted octanol–water partition coefficient (Wildman–Crippen LogP) is 2.83. The van der Waals surface area contributed by atoms with Crippen molar-refractivity contribution in [3.63, 3.8) is 0 Å². The molecular weight excluding hydrogens is 250 g/mol. The van der Waals surface area contributed by atoms with E-state index in [0.29, 0.717) is 12.4 Å². The Kier molecular flexibility index (Phi) is 4.35. The number of nitrogens with zero attached hydrogens (tertiary/aromatic N) is 2. The molecule has 0 aliphatic carbocycles. The highest BCUT2D eigenvalue weighted by atomic mass is 16.5. The van der Waals surface area contributed by atoms with Gasteiger partial charge in [0, 0.05) is 11.4 Å². The molecule has 1 aromatic heterocycles. The molecule has 0 aliphatic heterocycles. The highest BCUT2D eigenvalue weighted by Gasteiger charge is 2.16. The Morgan fingerprint density at radius 1 is 1.15 bits per heavy atom. The SMILES string of the molecule is COc1ccccc1-c1nc(C)c(C(C)CN)c(C)n1. The number of hydrogen-bond acceptors (Lipinski definition) is 4. The number of methoxy groups -OCH3 is 1. The third-order valence-electron chi connectivity index (χ3n) is 3.52. The van der Waals surface area contributed by atoms with Crippen LogP contribution in [0.4, 0.5) is 0 Å². The fourth-order valence-electron chi connectivity index (χ4n) is 2.51. The monoisotopic (exact) mass is 271 g/mol. The first-order valence-corrected chi connectivity index (χ1v) is 6.77. The summed E-state index contributed by atoms with van der Waals surface area (Å²) in [6.07, 6.45) is 0. The van der Waals surface area contributed by atoms with Crippen LogP contribution in [0.5, 0.6) is 5.75 Å². The zero-order valence-corrected chi connectivity index (χ0v) is 12.5. The Morgan fingerprint density at radius 3 is 2.30 bits per heavy atom. The van der Waals surface area contributed by atoms with Gasteiger partial charge in [-0.25, -0.2) is 9.97 Å². The van der Waals surface area contributed by atoms with Gasteiger partial charge in [-0.2, -0.15) is 0 Å². The summed E-state index contributed by atoms with van der Waals surface area (Å²) < 4.78 is 5.38. The Hall–Kier alpha value is -1.94. The summed E-state index contributed by atoms with van der Waals surface area (Å²) >= 11 is 0. The number of aryl methyl sites for hydroxylation is 2. The van der Waals surface area contributed by atoms with Gasteiger partial charge in [-0.15, -0.1) is 0 Å². The van der Waals surface area contributed by atoms with Crippen molar-refractivity contribution < 1.29 is 4.74 Å². The predicted molar refractivity (Wildman–Crippen MR) is 81.0 cm³/mol. The Labute approximate surface area is 120 Å². The van der Waals surface area contributed by atoms with Crippen molar-refractivity contribution in [2.24, 2.45) is 5.73 Å². The lowest BCUT2D eigenvalue weighted by Gasteiger charge is -2.16. The van der Waals surface area contributed by atoms with E-state index < -0.39 is 0 Å². The van der Waals surface area contributed by atoms with Gasteiger partial charge in [-0.3, -0.25) is 0 Å². The van der Waals surface area contributed by atoms with Crippen molar-refractivity contribution in [1.29, 1.82) is 0 Å². The minimum Gasteiger partial charge on any atom is -0.496 e. The highest BCUT2D eigenvalue weighted by Crippen LogP contribution is 2.29. The molecule has 106 valence electrons. The third kappa shape index (κ3) is 2.65. The van der Waals surface area contributed by atoms with E-state index in [9.17, 15) is 0 Å². The maximum atomic E-state index is 5.76. The Balaban J connectivity index is 2.55. The minimum absolute atomic E-state index is 0.265. The van der Waals surface area contributed by atoms with E-state index >= 15 is 0 Å². The fraction of sp³-hybridized carbons (Fsp3) is 0.375. The molecule has 4 nitrogen and oxygen atoms in total. The van der Waals surface area contributed by atoms with Gasteiger partial charge in [0.1, 0.15) is 5.75 Å². The average molecular weight is 271 g/mol. The van der Waals surface area contributed by atoms with E-state index in [2.05, 4.69) is 16.9 Å². The molecule has 0 aliphatic rings. The van der Waals surface area contributed by atoms with Crippen LogP contribution in [0.3, 0.4) is 0 Å². The van der Waals surface area contributed by atoms with Crippen LogP contribution in [0.2, 0.25) is 0 Å². The van der Waals surface area contributed by atoms with Gasteiger partial charge < -0.3 is 10.5 Å². The molecular formula is C16H21N3O. The summed E-state index contributed by atoms with van der Waals surface area (Å²) in [5.74, 6) is 1.75. The van der Waals surface area contributed by atoms with Gasteiger partial charge in [0.2, 0.25) is 0 Å². The average Bonchev–Trinajstić information content (AvgIpc) is 2.46. The number of benzene rings is 1. The first-order valence-electron chi connectivity index (χ1n) is 6.77. The first-order chi connectivity index (χ1) is 9.58. The largest absolute Gasteiger partial charge is 0.496 e. The van der Waals surface area contributed by atoms with Crippen molar-refractivity contribution in [2.75, 3.05) is 13.7 Å². The van der Waals surface area contributed by atoms with E-state index in [0.717, 1.165) is 28.3 Å². The van der Waals surface area contributed by atoms with Gasteiger partial charge in [0.25, 0.3) is 0 Å². The zero-order chi connectivity index (χ0) is 14.7. The molecule has 0 saturated heterocycles. The van der Waals surface area contributed by atoms with E-state index in [1.54, 1.807) is 7.11 Å². The van der Waals surface area contributed by atoms with E-state index in [1.807, 2.05) is 38.1 Å². The quantitative estimate of drug-likeness (QED) is 0.929. The second-order valence-electron chi connectivity index (χ2n) is 4.97. The maximum absolute atomic E-state index is 5.76. The molecule has 1 aromatic carbocycles. The maximum Gasteiger partial charge on any atom is 0.163 e. The Bertz CT molecular complexity index is 587. The van der Waals surface area contributed by atoms with Crippen molar-refractivity contribution in [3.05, 3.63) is 41.2 Å². The van der Waals surface area contributed by atoms with Crippen molar-refractivity contribution in [1.82, 2.24) is 9.97 Å². The van der Waals surface area contributed by atoms with Crippen LogP contribution in [0.25, 0.3) is 11.4 Å². The van der Waals surface area contributed by atoms with Gasteiger partial charge in [0.05, 0.1) is 12.7 Å². The minimum atomic E-state index is 0.265. The molecule has 20 heavy (non-hydrogen) atoms. The molecule has 0 bridgehead atoms. The van der Waals surface area contributed by atoms with Gasteiger partial charge >= 0.3 is 0 Å². The molecule has 1 heterocycles. The number of para-hydroxylation sites is 1. The standard InChI is InChI=1S/C16H21N3O/c1-10(9-17)15-11(2)18-16(19-12(15)3)13-7-5-6-8-14(13)20-4/h5-8,10H,9,17H2,1-4H3. The summed E-state index contributed by atoms with van der Waals surface area (Å²) in [6.45, 7) is 6.71. The topological polar surface area (TPSA) is 61.0 Å². The second kappa shape index (κ2) is 6.01. The summed E-state index contributed by atoms with van der Waals surface area (Å²) in [5.41, 5.74) is 9.78. The number of rotatable bonds is 4. The number of nitrogens with two attached hydrogens (primary N) is 1. The van der Waals surface area contributed by atoms with E-state index in [-0.39, 0.29) is 5.92 Å². The molecule has 2 N–H and O–H groups in total. The number of ether oxygens (including phenoxy) is 1. The molecule has 0 spiro atoms. The van der Waals surface area contributed by atoms with Crippen LogP contribution in [0, 0.1) is 13.8 Å². The summed E-state index contributed by atoms with van der Waals surface area (Å²) in [5, 5.41) is 0. The lowest BCUT2D eigenvalue weighted by Crippen LogP contribution is -2.14. The molecule has 2 aromatic rings. The van der Waals surface area contributed by atoms with Crippen LogP contribution in [0.15, 0.2) is 24.3 Å². The fourth-order valence-corrected chi connectivity index (χ4v) is 2.51. The molecule has 2 rings (SSSR count). The molecule has 1 atom stereocenters. The normalized spacial score (nSPS) is 12.2. The lowest BCUT2D eigenvalue weighted by molar-refractivity contribution is 0.416. The third-order valence-corrected chi connectivity index (χ3v) is 3.52. The van der Waals surface area contributed by atoms with Crippen LogP contribution < -0.4 is 10.5 Å². The van der Waals surface area contributed by atoms with Crippen LogP contribution in [0.1, 0.15) is 29.8 Å². The van der Waals surface area contributed by atoms with Crippen LogP contribution >= 0.6 is 0 Å². The molecule has 0 radical (unpaired) electrons. The molecule has 0 fully saturated rings. The molecule has 4 heteroatoms.